The standard InChI is InChI=1S/C14H14/c1-13(2)10-12-8-9-14(12,13)11-6-4-3-5-7-11/h3-10H,1-2H3. The van der Waals surface area contributed by atoms with Crippen molar-refractivity contribution in [1.82, 2.24) is 0 Å². The van der Waals surface area contributed by atoms with Gasteiger partial charge in [-0.3, -0.25) is 0 Å². The minimum Gasteiger partial charge on any atom is -0.0728 e. The molecule has 0 saturated carbocycles. The highest BCUT2D eigenvalue weighted by Crippen LogP contribution is 2.62. The van der Waals surface area contributed by atoms with E-state index in [9.17, 15) is 0 Å². The number of fused-ring (bicyclic) bond motifs is 1. The van der Waals surface area contributed by atoms with Gasteiger partial charge >= 0.3 is 0 Å². The van der Waals surface area contributed by atoms with Gasteiger partial charge in [-0.2, -0.15) is 0 Å². The lowest BCUT2D eigenvalue weighted by molar-refractivity contribution is 0.260. The maximum Gasteiger partial charge on any atom is 0.0467 e. The average molecular weight is 182 g/mol. The zero-order valence-electron chi connectivity index (χ0n) is 8.62. The second-order valence-electron chi connectivity index (χ2n) is 4.83. The van der Waals surface area contributed by atoms with Crippen molar-refractivity contribution in [3.63, 3.8) is 0 Å². The van der Waals surface area contributed by atoms with Crippen LogP contribution in [0.25, 0.3) is 0 Å². The van der Waals surface area contributed by atoms with Crippen LogP contribution in [-0.2, 0) is 5.41 Å². The van der Waals surface area contributed by atoms with Crippen LogP contribution < -0.4 is 0 Å². The van der Waals surface area contributed by atoms with E-state index in [1.165, 1.54) is 11.1 Å². The van der Waals surface area contributed by atoms with Crippen LogP contribution in [0.5, 0.6) is 0 Å². The highest BCUT2D eigenvalue weighted by molar-refractivity contribution is 5.65. The van der Waals surface area contributed by atoms with Gasteiger partial charge in [0.2, 0.25) is 0 Å². The Morgan fingerprint density at radius 2 is 1.71 bits per heavy atom. The molecule has 0 saturated heterocycles. The summed E-state index contributed by atoms with van der Waals surface area (Å²) in [5, 5.41) is 0. The zero-order chi connectivity index (χ0) is 9.81. The first kappa shape index (κ1) is 8.05. The molecule has 0 radical (unpaired) electrons. The molecule has 0 heteroatoms. The fraction of sp³-hybridized carbons (Fsp3) is 0.286. The molecule has 0 bridgehead atoms. The van der Waals surface area contributed by atoms with Crippen LogP contribution in [0.1, 0.15) is 19.4 Å². The van der Waals surface area contributed by atoms with Crippen LogP contribution in [-0.4, -0.2) is 0 Å². The molecule has 70 valence electrons. The highest BCUT2D eigenvalue weighted by Gasteiger charge is 2.56. The molecule has 0 amide bonds. The number of rotatable bonds is 1. The number of benzene rings is 1. The second kappa shape index (κ2) is 2.20. The summed E-state index contributed by atoms with van der Waals surface area (Å²) in [4.78, 5) is 0. The first-order chi connectivity index (χ1) is 6.67. The van der Waals surface area contributed by atoms with Crippen molar-refractivity contribution in [1.29, 1.82) is 0 Å². The van der Waals surface area contributed by atoms with Crippen LogP contribution in [0.2, 0.25) is 0 Å². The summed E-state index contributed by atoms with van der Waals surface area (Å²) in [6.45, 7) is 4.62. The molecule has 3 rings (SSSR count). The smallest absolute Gasteiger partial charge is 0.0467 e. The Morgan fingerprint density at radius 1 is 1.00 bits per heavy atom. The van der Waals surface area contributed by atoms with Gasteiger partial charge in [0.05, 0.1) is 0 Å². The maximum absolute atomic E-state index is 2.38. The van der Waals surface area contributed by atoms with Crippen molar-refractivity contribution in [2.24, 2.45) is 5.41 Å². The van der Waals surface area contributed by atoms with Crippen LogP contribution in [0.3, 0.4) is 0 Å². The molecule has 1 atom stereocenters. The van der Waals surface area contributed by atoms with Crippen molar-refractivity contribution in [3.8, 4) is 0 Å². The maximum atomic E-state index is 2.38. The molecule has 2 aliphatic rings. The van der Waals surface area contributed by atoms with E-state index in [-0.39, 0.29) is 5.41 Å². The van der Waals surface area contributed by atoms with E-state index < -0.39 is 0 Å². The van der Waals surface area contributed by atoms with E-state index in [4.69, 9.17) is 0 Å². The molecule has 0 nitrogen and oxygen atoms in total. The van der Waals surface area contributed by atoms with Crippen molar-refractivity contribution in [3.05, 3.63) is 59.7 Å². The molecule has 0 heterocycles. The molecule has 2 aliphatic carbocycles. The fourth-order valence-electron chi connectivity index (χ4n) is 2.86. The van der Waals surface area contributed by atoms with Gasteiger partial charge in [0.25, 0.3) is 0 Å². The summed E-state index contributed by atoms with van der Waals surface area (Å²) < 4.78 is 0. The summed E-state index contributed by atoms with van der Waals surface area (Å²) in [7, 11) is 0. The van der Waals surface area contributed by atoms with E-state index in [1.807, 2.05) is 0 Å². The van der Waals surface area contributed by atoms with Gasteiger partial charge in [-0.1, -0.05) is 62.4 Å². The average Bonchev–Trinajstić information content (AvgIpc) is 2.15. The predicted molar refractivity (Wildman–Crippen MR) is 59.1 cm³/mol. The molecular weight excluding hydrogens is 168 g/mol. The summed E-state index contributed by atoms with van der Waals surface area (Å²) in [6, 6.07) is 10.8. The lowest BCUT2D eigenvalue weighted by Crippen LogP contribution is -2.52. The lowest BCUT2D eigenvalue weighted by Gasteiger charge is -2.57. The van der Waals surface area contributed by atoms with Gasteiger partial charge in [0, 0.05) is 10.8 Å². The second-order valence-corrected chi connectivity index (χ2v) is 4.83. The SMILES string of the molecule is CC1(C)C=C2C=CC21c1ccccc1. The summed E-state index contributed by atoms with van der Waals surface area (Å²) in [6.07, 6.45) is 6.95. The van der Waals surface area contributed by atoms with Gasteiger partial charge in [-0.05, 0) is 11.1 Å². The molecule has 0 aromatic heterocycles. The first-order valence-corrected chi connectivity index (χ1v) is 5.15. The Hall–Kier alpha value is -1.30. The molecular formula is C14H14. The zero-order valence-corrected chi connectivity index (χ0v) is 8.62. The minimum absolute atomic E-state index is 0.230. The lowest BCUT2D eigenvalue weighted by atomic mass is 9.45. The quantitative estimate of drug-likeness (QED) is 0.624. The number of allylic oxidation sites excluding steroid dienone is 4. The van der Waals surface area contributed by atoms with E-state index in [2.05, 4.69) is 62.4 Å². The Balaban J connectivity index is 2.17. The highest BCUT2D eigenvalue weighted by atomic mass is 14.6. The van der Waals surface area contributed by atoms with Crippen LogP contribution in [0.4, 0.5) is 0 Å². The molecule has 0 fully saturated rings. The van der Waals surface area contributed by atoms with Crippen LogP contribution in [0, 0.1) is 5.41 Å². The molecule has 0 N–H and O–H groups in total. The third-order valence-corrected chi connectivity index (χ3v) is 3.73. The van der Waals surface area contributed by atoms with E-state index >= 15 is 0 Å². The molecule has 1 aromatic rings. The third kappa shape index (κ3) is 0.672. The van der Waals surface area contributed by atoms with Crippen LogP contribution in [0.15, 0.2) is 54.1 Å². The topological polar surface area (TPSA) is 0 Å². The number of hydrogen-bond acceptors (Lipinski definition) is 0. The molecule has 1 aromatic carbocycles. The van der Waals surface area contributed by atoms with Crippen molar-refractivity contribution < 1.29 is 0 Å². The summed E-state index contributed by atoms with van der Waals surface area (Å²) in [5.74, 6) is 0. The summed E-state index contributed by atoms with van der Waals surface area (Å²) >= 11 is 0. The monoisotopic (exact) mass is 182 g/mol. The number of hydrogen-bond donors (Lipinski definition) is 0. The summed E-state index contributed by atoms with van der Waals surface area (Å²) in [5.41, 5.74) is 3.45. The Morgan fingerprint density at radius 3 is 2.14 bits per heavy atom. The Labute approximate surface area is 85.0 Å². The van der Waals surface area contributed by atoms with E-state index in [0.29, 0.717) is 5.41 Å². The van der Waals surface area contributed by atoms with E-state index in [0.717, 1.165) is 0 Å². The van der Waals surface area contributed by atoms with Gasteiger partial charge in [0.15, 0.2) is 0 Å². The molecule has 14 heavy (non-hydrogen) atoms. The van der Waals surface area contributed by atoms with Crippen molar-refractivity contribution in [2.45, 2.75) is 19.3 Å². The van der Waals surface area contributed by atoms with Gasteiger partial charge in [-0.25, -0.2) is 0 Å². The van der Waals surface area contributed by atoms with Gasteiger partial charge in [-0.15, -0.1) is 0 Å². The van der Waals surface area contributed by atoms with Crippen molar-refractivity contribution >= 4 is 0 Å². The van der Waals surface area contributed by atoms with Gasteiger partial charge in [0.1, 0.15) is 0 Å². The third-order valence-electron chi connectivity index (χ3n) is 3.73. The molecule has 1 unspecified atom stereocenters. The minimum atomic E-state index is 0.230. The first-order valence-electron chi connectivity index (χ1n) is 5.15. The van der Waals surface area contributed by atoms with Gasteiger partial charge < -0.3 is 0 Å². The van der Waals surface area contributed by atoms with Crippen molar-refractivity contribution in [2.75, 3.05) is 0 Å². The molecule has 0 spiro atoms. The largest absolute Gasteiger partial charge is 0.0728 e. The molecule has 0 aliphatic heterocycles. The normalized spacial score (nSPS) is 31.1. The van der Waals surface area contributed by atoms with Crippen LogP contribution >= 0.6 is 0 Å². The Bertz CT molecular complexity index is 434. The fourth-order valence-corrected chi connectivity index (χ4v) is 2.86. The van der Waals surface area contributed by atoms with E-state index in [1.54, 1.807) is 0 Å². The predicted octanol–water partition coefficient (Wildman–Crippen LogP) is 3.46. The Kier molecular flexibility index (Phi) is 1.26.